The Balaban J connectivity index is 1.68. The third-order valence-electron chi connectivity index (χ3n) is 4.55. The first-order valence-corrected chi connectivity index (χ1v) is 8.34. The van der Waals surface area contributed by atoms with Crippen molar-refractivity contribution in [2.45, 2.75) is 12.8 Å². The molecule has 0 radical (unpaired) electrons. The highest BCUT2D eigenvalue weighted by atomic mass is 16.5. The Morgan fingerprint density at radius 2 is 1.83 bits per heavy atom. The van der Waals surface area contributed by atoms with E-state index < -0.39 is 0 Å². The van der Waals surface area contributed by atoms with Crippen molar-refractivity contribution < 1.29 is 14.3 Å². The summed E-state index contributed by atoms with van der Waals surface area (Å²) in [5.41, 5.74) is 0.672. The minimum absolute atomic E-state index is 0.0462. The highest BCUT2D eigenvalue weighted by Crippen LogP contribution is 2.32. The summed E-state index contributed by atoms with van der Waals surface area (Å²) < 4.78 is 11.4. The second kappa shape index (κ2) is 6.20. The lowest BCUT2D eigenvalue weighted by Gasteiger charge is -2.27. The molecule has 0 unspecified atom stereocenters. The molecule has 1 amide bonds. The SMILES string of the molecule is O=C(c1cc2ccccc2cc1OCC1CC1)N1CCOCC1. The van der Waals surface area contributed by atoms with E-state index >= 15 is 0 Å². The summed E-state index contributed by atoms with van der Waals surface area (Å²) in [6.45, 7) is 3.22. The van der Waals surface area contributed by atoms with Crippen LogP contribution in [0.4, 0.5) is 0 Å². The molecule has 1 saturated heterocycles. The number of carbonyl (C=O) groups is 1. The molecule has 2 aromatic rings. The largest absolute Gasteiger partial charge is 0.492 e. The number of amides is 1. The Bertz CT molecular complexity index is 718. The van der Waals surface area contributed by atoms with Gasteiger partial charge >= 0.3 is 0 Å². The minimum atomic E-state index is 0.0462. The van der Waals surface area contributed by atoms with Gasteiger partial charge in [-0.05, 0) is 41.7 Å². The van der Waals surface area contributed by atoms with Crippen molar-refractivity contribution in [3.05, 3.63) is 42.0 Å². The van der Waals surface area contributed by atoms with Crippen LogP contribution in [0.1, 0.15) is 23.2 Å². The number of carbonyl (C=O) groups excluding carboxylic acids is 1. The van der Waals surface area contributed by atoms with Crippen LogP contribution in [-0.2, 0) is 4.74 Å². The molecule has 2 aliphatic rings. The van der Waals surface area contributed by atoms with Gasteiger partial charge in [-0.25, -0.2) is 0 Å². The molecule has 0 bridgehead atoms. The summed E-state index contributed by atoms with van der Waals surface area (Å²) in [4.78, 5) is 14.8. The zero-order chi connectivity index (χ0) is 15.6. The van der Waals surface area contributed by atoms with Crippen LogP contribution >= 0.6 is 0 Å². The topological polar surface area (TPSA) is 38.8 Å². The lowest BCUT2D eigenvalue weighted by atomic mass is 10.0. The zero-order valence-electron chi connectivity index (χ0n) is 13.2. The molecule has 1 aliphatic heterocycles. The van der Waals surface area contributed by atoms with E-state index in [1.54, 1.807) is 0 Å². The van der Waals surface area contributed by atoms with Crippen LogP contribution in [0, 0.1) is 5.92 Å². The number of morpholine rings is 1. The van der Waals surface area contributed by atoms with Crippen LogP contribution in [0.25, 0.3) is 10.8 Å². The van der Waals surface area contributed by atoms with Crippen molar-refractivity contribution in [2.24, 2.45) is 5.92 Å². The summed E-state index contributed by atoms with van der Waals surface area (Å²) in [7, 11) is 0. The van der Waals surface area contributed by atoms with E-state index in [0.29, 0.717) is 50.1 Å². The Hall–Kier alpha value is -2.07. The number of fused-ring (bicyclic) bond motifs is 1. The van der Waals surface area contributed by atoms with Gasteiger partial charge in [-0.15, -0.1) is 0 Å². The van der Waals surface area contributed by atoms with Crippen LogP contribution < -0.4 is 4.74 Å². The van der Waals surface area contributed by atoms with Crippen molar-refractivity contribution in [3.63, 3.8) is 0 Å². The van der Waals surface area contributed by atoms with Crippen LogP contribution in [0.15, 0.2) is 36.4 Å². The van der Waals surface area contributed by atoms with Crippen molar-refractivity contribution >= 4 is 16.7 Å². The number of rotatable bonds is 4. The van der Waals surface area contributed by atoms with Gasteiger partial charge in [-0.2, -0.15) is 0 Å². The molecule has 23 heavy (non-hydrogen) atoms. The van der Waals surface area contributed by atoms with E-state index in [1.165, 1.54) is 12.8 Å². The molecule has 0 atom stereocenters. The highest BCUT2D eigenvalue weighted by molar-refractivity contribution is 6.01. The van der Waals surface area contributed by atoms with Gasteiger partial charge in [0.05, 0.1) is 25.4 Å². The second-order valence-electron chi connectivity index (χ2n) is 6.35. The van der Waals surface area contributed by atoms with Gasteiger partial charge in [0.2, 0.25) is 0 Å². The van der Waals surface area contributed by atoms with Crippen molar-refractivity contribution in [3.8, 4) is 5.75 Å². The maximum Gasteiger partial charge on any atom is 0.257 e. The van der Waals surface area contributed by atoms with Gasteiger partial charge in [0.15, 0.2) is 0 Å². The number of hydrogen-bond acceptors (Lipinski definition) is 3. The fourth-order valence-corrected chi connectivity index (χ4v) is 2.93. The van der Waals surface area contributed by atoms with E-state index in [0.717, 1.165) is 10.8 Å². The predicted molar refractivity (Wildman–Crippen MR) is 88.9 cm³/mol. The van der Waals surface area contributed by atoms with Crippen LogP contribution in [-0.4, -0.2) is 43.7 Å². The van der Waals surface area contributed by atoms with Gasteiger partial charge in [0, 0.05) is 13.1 Å². The van der Waals surface area contributed by atoms with Gasteiger partial charge in [0.1, 0.15) is 5.75 Å². The highest BCUT2D eigenvalue weighted by Gasteiger charge is 2.25. The maximum absolute atomic E-state index is 12.9. The van der Waals surface area contributed by atoms with E-state index in [-0.39, 0.29) is 5.91 Å². The lowest BCUT2D eigenvalue weighted by molar-refractivity contribution is 0.0300. The Labute approximate surface area is 136 Å². The molecule has 1 aliphatic carbocycles. The molecule has 0 aromatic heterocycles. The average molecular weight is 311 g/mol. The smallest absolute Gasteiger partial charge is 0.257 e. The maximum atomic E-state index is 12.9. The molecular weight excluding hydrogens is 290 g/mol. The second-order valence-corrected chi connectivity index (χ2v) is 6.35. The number of nitrogens with zero attached hydrogens (tertiary/aromatic N) is 1. The number of hydrogen-bond donors (Lipinski definition) is 0. The zero-order valence-corrected chi connectivity index (χ0v) is 13.2. The molecular formula is C19H21NO3. The molecule has 0 N–H and O–H groups in total. The summed E-state index contributed by atoms with van der Waals surface area (Å²) in [6.07, 6.45) is 2.47. The number of benzene rings is 2. The fourth-order valence-electron chi connectivity index (χ4n) is 2.93. The van der Waals surface area contributed by atoms with Crippen molar-refractivity contribution in [1.82, 2.24) is 4.90 Å². The summed E-state index contributed by atoms with van der Waals surface area (Å²) in [5.74, 6) is 1.42. The minimum Gasteiger partial charge on any atom is -0.492 e. The van der Waals surface area contributed by atoms with Crippen molar-refractivity contribution in [2.75, 3.05) is 32.9 Å². The van der Waals surface area contributed by atoms with Crippen LogP contribution in [0.2, 0.25) is 0 Å². The molecule has 1 saturated carbocycles. The van der Waals surface area contributed by atoms with Crippen LogP contribution in [0.5, 0.6) is 5.75 Å². The third-order valence-corrected chi connectivity index (χ3v) is 4.55. The standard InChI is InChI=1S/C19H21NO3/c21-19(20-7-9-22-10-8-20)17-11-15-3-1-2-4-16(15)12-18(17)23-13-14-5-6-14/h1-4,11-12,14H,5-10,13H2. The first-order valence-electron chi connectivity index (χ1n) is 8.34. The quantitative estimate of drug-likeness (QED) is 0.871. The molecule has 2 aromatic carbocycles. The predicted octanol–water partition coefficient (Wildman–Crippen LogP) is 3.10. The Morgan fingerprint density at radius 3 is 2.52 bits per heavy atom. The Kier molecular flexibility index (Phi) is 3.92. The molecule has 4 heteroatoms. The first-order chi connectivity index (χ1) is 11.3. The van der Waals surface area contributed by atoms with Gasteiger partial charge < -0.3 is 14.4 Å². The van der Waals surface area contributed by atoms with E-state index in [2.05, 4.69) is 6.07 Å². The van der Waals surface area contributed by atoms with Crippen LogP contribution in [0.3, 0.4) is 0 Å². The fraction of sp³-hybridized carbons (Fsp3) is 0.421. The van der Waals surface area contributed by atoms with E-state index in [4.69, 9.17) is 9.47 Å². The van der Waals surface area contributed by atoms with Gasteiger partial charge in [0.25, 0.3) is 5.91 Å². The third kappa shape index (κ3) is 3.17. The molecule has 4 rings (SSSR count). The molecule has 4 nitrogen and oxygen atoms in total. The monoisotopic (exact) mass is 311 g/mol. The first kappa shape index (κ1) is 14.5. The summed E-state index contributed by atoms with van der Waals surface area (Å²) in [6, 6.07) is 12.1. The van der Waals surface area contributed by atoms with E-state index in [1.807, 2.05) is 35.2 Å². The van der Waals surface area contributed by atoms with Gasteiger partial charge in [-0.1, -0.05) is 24.3 Å². The lowest BCUT2D eigenvalue weighted by Crippen LogP contribution is -2.40. The number of ether oxygens (including phenoxy) is 2. The normalized spacial score (nSPS) is 18.2. The molecule has 2 fully saturated rings. The Morgan fingerprint density at radius 1 is 1.13 bits per heavy atom. The summed E-state index contributed by atoms with van der Waals surface area (Å²) in [5, 5.41) is 2.18. The van der Waals surface area contributed by atoms with Gasteiger partial charge in [-0.3, -0.25) is 4.79 Å². The average Bonchev–Trinajstić information content (AvgIpc) is 3.43. The van der Waals surface area contributed by atoms with Crippen molar-refractivity contribution in [1.29, 1.82) is 0 Å². The summed E-state index contributed by atoms with van der Waals surface area (Å²) >= 11 is 0. The molecule has 120 valence electrons. The molecule has 0 spiro atoms. The van der Waals surface area contributed by atoms with E-state index in [9.17, 15) is 4.79 Å². The molecule has 1 heterocycles.